The van der Waals surface area contributed by atoms with Crippen molar-refractivity contribution in [2.45, 2.75) is 167 Å². The molecule has 0 aromatic rings. The van der Waals surface area contributed by atoms with Crippen molar-refractivity contribution in [2.75, 3.05) is 6.61 Å². The molecule has 0 fully saturated rings. The third kappa shape index (κ3) is 26.2. The van der Waals surface area contributed by atoms with Crippen LogP contribution in [0, 0.1) is 0 Å². The van der Waals surface area contributed by atoms with Gasteiger partial charge in [0.05, 0.1) is 19.4 Å². The second-order valence-electron chi connectivity index (χ2n) is 10.7. The number of esters is 1. The van der Waals surface area contributed by atoms with E-state index in [1.54, 1.807) is 0 Å². The zero-order valence-corrected chi connectivity index (χ0v) is 23.7. The zero-order valence-electron chi connectivity index (χ0n) is 23.7. The van der Waals surface area contributed by atoms with Crippen LogP contribution < -0.4 is 0 Å². The van der Waals surface area contributed by atoms with E-state index in [2.05, 4.69) is 6.92 Å². The molecule has 1 atom stereocenters. The van der Waals surface area contributed by atoms with Gasteiger partial charge in [0.2, 0.25) is 0 Å². The van der Waals surface area contributed by atoms with Gasteiger partial charge in [-0.3, -0.25) is 9.59 Å². The van der Waals surface area contributed by atoms with Crippen LogP contribution in [0.15, 0.2) is 0 Å². The summed E-state index contributed by atoms with van der Waals surface area (Å²) >= 11 is 0. The SMILES string of the molecule is CCCCCCCCCCCCCCCCCCCCCCCCOC(=O)CC(O)(CC(=O)O)C(=O)O.[KH]. The number of aliphatic carboxylic acids is 2. The number of unbranched alkanes of at least 4 members (excludes halogenated alkanes) is 21. The molecule has 0 aliphatic heterocycles. The number of carboxylic acids is 2. The van der Waals surface area contributed by atoms with E-state index in [0.29, 0.717) is 6.42 Å². The molecule has 38 heavy (non-hydrogen) atoms. The van der Waals surface area contributed by atoms with Crippen LogP contribution in [0.4, 0.5) is 0 Å². The van der Waals surface area contributed by atoms with Crippen LogP contribution in [-0.2, 0) is 19.1 Å². The number of carboxylic acid groups (broad SMARTS) is 2. The van der Waals surface area contributed by atoms with Gasteiger partial charge in [0.15, 0.2) is 5.60 Å². The van der Waals surface area contributed by atoms with Crippen LogP contribution in [0.1, 0.15) is 161 Å². The van der Waals surface area contributed by atoms with E-state index in [9.17, 15) is 19.5 Å². The molecule has 0 rings (SSSR count). The second-order valence-corrected chi connectivity index (χ2v) is 10.7. The summed E-state index contributed by atoms with van der Waals surface area (Å²) in [6, 6.07) is 0. The first-order valence-corrected chi connectivity index (χ1v) is 15.1. The van der Waals surface area contributed by atoms with E-state index in [4.69, 9.17) is 14.9 Å². The van der Waals surface area contributed by atoms with E-state index in [1.165, 1.54) is 116 Å². The fraction of sp³-hybridized carbons (Fsp3) is 0.900. The fourth-order valence-electron chi connectivity index (χ4n) is 4.65. The normalized spacial score (nSPS) is 12.5. The number of carbonyl (C=O) groups excluding carboxylic acids is 1. The Morgan fingerprint density at radius 3 is 1.16 bits per heavy atom. The molecular weight excluding hydrogens is 511 g/mol. The van der Waals surface area contributed by atoms with Gasteiger partial charge < -0.3 is 20.1 Å². The molecule has 0 aromatic heterocycles. The van der Waals surface area contributed by atoms with Crippen molar-refractivity contribution in [3.63, 3.8) is 0 Å². The Morgan fingerprint density at radius 2 is 0.868 bits per heavy atom. The van der Waals surface area contributed by atoms with Gasteiger partial charge in [-0.05, 0) is 6.42 Å². The Hall–Kier alpha value is 0.00636. The third-order valence-electron chi connectivity index (χ3n) is 7.04. The molecule has 0 aliphatic carbocycles. The number of carbonyl (C=O) groups is 3. The van der Waals surface area contributed by atoms with E-state index < -0.39 is 36.4 Å². The monoisotopic (exact) mass is 568 g/mol. The van der Waals surface area contributed by atoms with Gasteiger partial charge in [-0.2, -0.15) is 0 Å². The molecule has 220 valence electrons. The predicted octanol–water partition coefficient (Wildman–Crippen LogP) is 7.16. The third-order valence-corrected chi connectivity index (χ3v) is 7.04. The summed E-state index contributed by atoms with van der Waals surface area (Å²) in [5.74, 6) is -4.12. The Labute approximate surface area is 274 Å². The molecular formula is C30H57KO7. The van der Waals surface area contributed by atoms with Crippen LogP contribution >= 0.6 is 0 Å². The molecule has 0 saturated heterocycles. The predicted molar refractivity (Wildman–Crippen MR) is 155 cm³/mol. The number of rotatable bonds is 28. The Kier molecular flexibility index (Phi) is 30.1. The molecule has 0 aromatic carbocycles. The first-order valence-electron chi connectivity index (χ1n) is 15.1. The Morgan fingerprint density at radius 1 is 0.553 bits per heavy atom. The van der Waals surface area contributed by atoms with Crippen molar-refractivity contribution in [1.29, 1.82) is 0 Å². The maximum atomic E-state index is 11.7. The van der Waals surface area contributed by atoms with Gasteiger partial charge in [-0.25, -0.2) is 4.79 Å². The van der Waals surface area contributed by atoms with Crippen LogP contribution in [0.5, 0.6) is 0 Å². The summed E-state index contributed by atoms with van der Waals surface area (Å²) in [7, 11) is 0. The number of aliphatic hydroxyl groups is 1. The molecule has 1 unspecified atom stereocenters. The van der Waals surface area contributed by atoms with Crippen LogP contribution in [0.25, 0.3) is 0 Å². The summed E-state index contributed by atoms with van der Waals surface area (Å²) in [5.41, 5.74) is -2.63. The van der Waals surface area contributed by atoms with Gasteiger partial charge in [0, 0.05) is 0 Å². The van der Waals surface area contributed by atoms with Crippen LogP contribution in [0.2, 0.25) is 0 Å². The molecule has 0 amide bonds. The van der Waals surface area contributed by atoms with Crippen molar-refractivity contribution in [3.8, 4) is 0 Å². The molecule has 0 spiro atoms. The quantitative estimate of drug-likeness (QED) is 0.0520. The van der Waals surface area contributed by atoms with Gasteiger partial charge in [0.1, 0.15) is 0 Å². The van der Waals surface area contributed by atoms with E-state index in [-0.39, 0.29) is 58.0 Å². The minimum atomic E-state index is -2.63. The fourth-order valence-corrected chi connectivity index (χ4v) is 4.65. The number of hydrogen-bond donors (Lipinski definition) is 3. The van der Waals surface area contributed by atoms with Crippen molar-refractivity contribution in [2.24, 2.45) is 0 Å². The van der Waals surface area contributed by atoms with Gasteiger partial charge in [0.25, 0.3) is 0 Å². The van der Waals surface area contributed by atoms with Crippen molar-refractivity contribution < 1.29 is 34.4 Å². The molecule has 0 radical (unpaired) electrons. The topological polar surface area (TPSA) is 121 Å². The second kappa shape index (κ2) is 28.5. The maximum absolute atomic E-state index is 11.7. The van der Waals surface area contributed by atoms with E-state index in [1.807, 2.05) is 0 Å². The van der Waals surface area contributed by atoms with E-state index >= 15 is 0 Å². The van der Waals surface area contributed by atoms with Gasteiger partial charge >= 0.3 is 69.3 Å². The Balaban J connectivity index is 0. The first-order chi connectivity index (χ1) is 17.8. The number of ether oxygens (including phenoxy) is 1. The molecule has 7 nitrogen and oxygen atoms in total. The molecule has 0 saturated carbocycles. The van der Waals surface area contributed by atoms with Gasteiger partial charge in [-0.1, -0.05) is 142 Å². The average Bonchev–Trinajstić information content (AvgIpc) is 2.83. The average molecular weight is 569 g/mol. The van der Waals surface area contributed by atoms with Crippen molar-refractivity contribution in [3.05, 3.63) is 0 Å². The van der Waals surface area contributed by atoms with Crippen molar-refractivity contribution >= 4 is 69.3 Å². The summed E-state index contributed by atoms with van der Waals surface area (Å²) in [5, 5.41) is 27.5. The zero-order chi connectivity index (χ0) is 27.6. The summed E-state index contributed by atoms with van der Waals surface area (Å²) < 4.78 is 4.96. The van der Waals surface area contributed by atoms with E-state index in [0.717, 1.165) is 19.3 Å². The molecule has 0 aliphatic rings. The molecule has 8 heteroatoms. The molecule has 0 heterocycles. The summed E-state index contributed by atoms with van der Waals surface area (Å²) in [6.45, 7) is 2.43. The van der Waals surface area contributed by atoms with Crippen molar-refractivity contribution in [1.82, 2.24) is 0 Å². The standard InChI is InChI=1S/C30H56O7.K.H/c1-2-3-4-5-6-7-8-9-10-11-12-13-14-15-16-17-18-19-20-21-22-23-24-37-28(33)26-30(36,29(34)35)25-27(31)32;;/h36H,2-26H2,1H3,(H,31,32)(H,34,35);;. The minimum absolute atomic E-state index is 0. The molecule has 0 bridgehead atoms. The molecule has 3 N–H and O–H groups in total. The number of hydrogen-bond acceptors (Lipinski definition) is 5. The Bertz CT molecular complexity index is 585. The summed E-state index contributed by atoms with van der Waals surface area (Å²) in [4.78, 5) is 33.5. The van der Waals surface area contributed by atoms with Gasteiger partial charge in [-0.15, -0.1) is 0 Å². The van der Waals surface area contributed by atoms with Crippen LogP contribution in [0.3, 0.4) is 0 Å². The summed E-state index contributed by atoms with van der Waals surface area (Å²) in [6.07, 6.45) is 26.7. The first kappa shape index (κ1) is 40.1. The van der Waals surface area contributed by atoms with Crippen LogP contribution in [-0.4, -0.2) is 96.8 Å².